The molecule has 2 saturated heterocycles. The SMILES string of the molecule is CCOC(=O)N1[C@@H]2[C@@H](O)[C@@H]([C@H]2Br)[C@H]1C. The highest BCUT2D eigenvalue weighted by atomic mass is 79.9. The topological polar surface area (TPSA) is 49.8 Å². The van der Waals surface area contributed by atoms with Gasteiger partial charge in [-0.25, -0.2) is 4.79 Å². The number of alkyl halides is 1. The molecule has 0 spiro atoms. The number of fused-ring (bicyclic) bond motifs is 1. The summed E-state index contributed by atoms with van der Waals surface area (Å²) in [6.45, 7) is 4.11. The number of rotatable bonds is 1. The molecule has 3 rings (SSSR count). The van der Waals surface area contributed by atoms with Crippen LogP contribution in [0.15, 0.2) is 0 Å². The summed E-state index contributed by atoms with van der Waals surface area (Å²) >= 11 is 3.48. The molecule has 3 aliphatic rings. The lowest BCUT2D eigenvalue weighted by Crippen LogP contribution is -2.54. The molecule has 2 heterocycles. The van der Waals surface area contributed by atoms with Crippen molar-refractivity contribution in [2.24, 2.45) is 5.92 Å². The molecule has 0 radical (unpaired) electrons. The minimum absolute atomic E-state index is 0.0680. The van der Waals surface area contributed by atoms with Crippen molar-refractivity contribution >= 4 is 22.0 Å². The van der Waals surface area contributed by atoms with Crippen LogP contribution in [0.5, 0.6) is 0 Å². The van der Waals surface area contributed by atoms with Crippen LogP contribution in [-0.2, 0) is 4.74 Å². The lowest BCUT2D eigenvalue weighted by atomic mass is 9.80. The zero-order valence-corrected chi connectivity index (χ0v) is 9.77. The third-order valence-electron chi connectivity index (χ3n) is 3.23. The van der Waals surface area contributed by atoms with E-state index in [2.05, 4.69) is 15.9 Å². The molecule has 5 heteroatoms. The van der Waals surface area contributed by atoms with Crippen LogP contribution in [0.25, 0.3) is 0 Å². The van der Waals surface area contributed by atoms with E-state index in [0.717, 1.165) is 0 Å². The third kappa shape index (κ3) is 1.11. The molecule has 3 fully saturated rings. The van der Waals surface area contributed by atoms with Crippen LogP contribution in [0.3, 0.4) is 0 Å². The largest absolute Gasteiger partial charge is 0.450 e. The first-order valence-corrected chi connectivity index (χ1v) is 5.78. The molecule has 0 aromatic heterocycles. The van der Waals surface area contributed by atoms with Gasteiger partial charge in [-0.2, -0.15) is 0 Å². The molecular weight excluding hydrogens is 250 g/mol. The summed E-state index contributed by atoms with van der Waals surface area (Å²) in [4.78, 5) is 13.4. The van der Waals surface area contributed by atoms with Crippen LogP contribution in [0.4, 0.5) is 4.79 Å². The third-order valence-corrected chi connectivity index (χ3v) is 4.39. The smallest absolute Gasteiger partial charge is 0.410 e. The number of carbonyl (C=O) groups is 1. The summed E-state index contributed by atoms with van der Waals surface area (Å²) in [5, 5.41) is 9.70. The zero-order valence-electron chi connectivity index (χ0n) is 8.18. The molecular formula is C9H14BrNO3. The van der Waals surface area contributed by atoms with Gasteiger partial charge < -0.3 is 9.84 Å². The maximum Gasteiger partial charge on any atom is 0.410 e. The van der Waals surface area contributed by atoms with Gasteiger partial charge in [0.25, 0.3) is 0 Å². The van der Waals surface area contributed by atoms with Crippen molar-refractivity contribution < 1.29 is 14.6 Å². The number of aliphatic hydroxyl groups is 1. The first kappa shape index (κ1) is 10.2. The normalized spacial score (nSPS) is 44.9. The fraction of sp³-hybridized carbons (Fsp3) is 0.889. The molecule has 0 aromatic carbocycles. The summed E-state index contributed by atoms with van der Waals surface area (Å²) in [5.41, 5.74) is 0. The number of hydrogen-bond acceptors (Lipinski definition) is 3. The van der Waals surface area contributed by atoms with Crippen molar-refractivity contribution in [3.8, 4) is 0 Å². The van der Waals surface area contributed by atoms with Crippen molar-refractivity contribution in [1.82, 2.24) is 4.90 Å². The van der Waals surface area contributed by atoms with Crippen molar-refractivity contribution in [1.29, 1.82) is 0 Å². The van der Waals surface area contributed by atoms with Gasteiger partial charge in [0.15, 0.2) is 0 Å². The number of halogens is 1. The van der Waals surface area contributed by atoms with E-state index in [9.17, 15) is 9.90 Å². The van der Waals surface area contributed by atoms with Crippen LogP contribution in [0.1, 0.15) is 13.8 Å². The molecule has 1 N–H and O–H groups in total. The number of nitrogens with zero attached hydrogens (tertiary/aromatic N) is 1. The maximum atomic E-state index is 11.6. The van der Waals surface area contributed by atoms with E-state index in [-0.39, 0.29) is 28.9 Å². The Labute approximate surface area is 91.3 Å². The van der Waals surface area contributed by atoms with Crippen LogP contribution < -0.4 is 0 Å². The standard InChI is InChI=1S/C9H14BrNO3/c1-3-14-9(13)11-4(2)5-6(10)7(11)8(5)12/h4-8,12H,3H2,1-2H3/t4-,5-,6-,7+,8+/m1/s1. The molecule has 1 saturated carbocycles. The lowest BCUT2D eigenvalue weighted by molar-refractivity contribution is 0.0270. The average Bonchev–Trinajstić information content (AvgIpc) is 2.54. The molecule has 0 unspecified atom stereocenters. The number of hydrogen-bond donors (Lipinski definition) is 1. The average molecular weight is 264 g/mol. The summed E-state index contributed by atoms with van der Waals surface area (Å²) in [5.74, 6) is 0.157. The summed E-state index contributed by atoms with van der Waals surface area (Å²) in [7, 11) is 0. The quantitative estimate of drug-likeness (QED) is 0.718. The molecule has 2 aliphatic heterocycles. The first-order valence-electron chi connectivity index (χ1n) is 4.86. The zero-order chi connectivity index (χ0) is 10.5. The van der Waals surface area contributed by atoms with Crippen LogP contribution in [-0.4, -0.2) is 45.7 Å². The second-order valence-corrected chi connectivity index (χ2v) is 4.91. The Morgan fingerprint density at radius 2 is 2.29 bits per heavy atom. The van der Waals surface area contributed by atoms with Crippen LogP contribution >= 0.6 is 15.9 Å². The van der Waals surface area contributed by atoms with E-state index in [0.29, 0.717) is 6.61 Å². The predicted molar refractivity (Wildman–Crippen MR) is 54.3 cm³/mol. The van der Waals surface area contributed by atoms with Gasteiger partial charge in [0.2, 0.25) is 0 Å². The fourth-order valence-corrected chi connectivity index (χ4v) is 3.82. The van der Waals surface area contributed by atoms with Crippen molar-refractivity contribution in [2.45, 2.75) is 36.9 Å². The van der Waals surface area contributed by atoms with E-state index >= 15 is 0 Å². The van der Waals surface area contributed by atoms with Crippen LogP contribution in [0.2, 0.25) is 0 Å². The molecule has 80 valence electrons. The number of aliphatic hydroxyl groups excluding tert-OH is 1. The molecule has 4 nitrogen and oxygen atoms in total. The van der Waals surface area contributed by atoms with E-state index < -0.39 is 6.10 Å². The summed E-state index contributed by atoms with van der Waals surface area (Å²) in [6, 6.07) is -0.0347. The molecule has 5 atom stereocenters. The number of amides is 1. The van der Waals surface area contributed by atoms with Gasteiger partial charge in [0.05, 0.1) is 18.8 Å². The van der Waals surface area contributed by atoms with E-state index in [1.54, 1.807) is 11.8 Å². The van der Waals surface area contributed by atoms with Gasteiger partial charge >= 0.3 is 6.09 Å². The summed E-state index contributed by atoms with van der Waals surface area (Å²) in [6.07, 6.45) is -0.702. The monoisotopic (exact) mass is 263 g/mol. The Morgan fingerprint density at radius 3 is 2.64 bits per heavy atom. The fourth-order valence-electron chi connectivity index (χ4n) is 2.50. The van der Waals surface area contributed by atoms with Crippen molar-refractivity contribution in [2.75, 3.05) is 6.61 Å². The molecule has 1 aliphatic carbocycles. The Morgan fingerprint density at radius 1 is 1.64 bits per heavy atom. The Bertz CT molecular complexity index is 250. The number of carbonyl (C=O) groups excluding carboxylic acids is 1. The van der Waals surface area contributed by atoms with Gasteiger partial charge in [0, 0.05) is 16.8 Å². The van der Waals surface area contributed by atoms with E-state index in [1.807, 2.05) is 6.92 Å². The minimum Gasteiger partial charge on any atom is -0.450 e. The van der Waals surface area contributed by atoms with Crippen molar-refractivity contribution in [3.05, 3.63) is 0 Å². The van der Waals surface area contributed by atoms with Gasteiger partial charge in [-0.05, 0) is 13.8 Å². The predicted octanol–water partition coefficient (Wildman–Crippen LogP) is 0.970. The van der Waals surface area contributed by atoms with Gasteiger partial charge in [-0.15, -0.1) is 0 Å². The van der Waals surface area contributed by atoms with E-state index in [4.69, 9.17) is 4.74 Å². The highest BCUT2D eigenvalue weighted by molar-refractivity contribution is 9.09. The first-order chi connectivity index (χ1) is 6.59. The highest BCUT2D eigenvalue weighted by Crippen LogP contribution is 2.50. The van der Waals surface area contributed by atoms with Gasteiger partial charge in [0.1, 0.15) is 0 Å². The second-order valence-electron chi connectivity index (χ2n) is 3.85. The van der Waals surface area contributed by atoms with Gasteiger partial charge in [-0.3, -0.25) is 4.90 Å². The highest BCUT2D eigenvalue weighted by Gasteiger charge is 2.64. The maximum absolute atomic E-state index is 11.6. The Hall–Kier alpha value is -0.290. The minimum atomic E-state index is -0.390. The van der Waals surface area contributed by atoms with Crippen molar-refractivity contribution in [3.63, 3.8) is 0 Å². The van der Waals surface area contributed by atoms with Crippen LogP contribution in [0, 0.1) is 5.92 Å². The van der Waals surface area contributed by atoms with Gasteiger partial charge in [-0.1, -0.05) is 15.9 Å². The summed E-state index contributed by atoms with van der Waals surface area (Å²) < 4.78 is 4.94. The number of ether oxygens (including phenoxy) is 1. The lowest BCUT2D eigenvalue weighted by Gasteiger charge is -2.37. The molecule has 0 aromatic rings. The Balaban J connectivity index is 2.11. The molecule has 14 heavy (non-hydrogen) atoms. The second kappa shape index (κ2) is 3.38. The van der Waals surface area contributed by atoms with E-state index in [1.165, 1.54) is 0 Å². The molecule has 1 amide bonds. The molecule has 2 bridgehead atoms. The Kier molecular flexibility index (Phi) is 2.47.